The van der Waals surface area contributed by atoms with Crippen LogP contribution in [0.15, 0.2) is 36.4 Å². The van der Waals surface area contributed by atoms with E-state index in [0.717, 1.165) is 6.07 Å². The van der Waals surface area contributed by atoms with Gasteiger partial charge in [0.1, 0.15) is 11.6 Å². The highest BCUT2D eigenvalue weighted by molar-refractivity contribution is 6.30. The van der Waals surface area contributed by atoms with E-state index in [-0.39, 0.29) is 10.6 Å². The van der Waals surface area contributed by atoms with Crippen molar-refractivity contribution < 1.29 is 8.78 Å². The Morgan fingerprint density at radius 3 is 2.41 bits per heavy atom. The maximum absolute atomic E-state index is 13.2. The third-order valence-corrected chi connectivity index (χ3v) is 2.49. The Morgan fingerprint density at radius 2 is 1.76 bits per heavy atom. The van der Waals surface area contributed by atoms with E-state index in [9.17, 15) is 8.78 Å². The van der Waals surface area contributed by atoms with Crippen molar-refractivity contribution in [2.45, 2.75) is 0 Å². The molecule has 0 unspecified atom stereocenters. The summed E-state index contributed by atoms with van der Waals surface area (Å²) in [6, 6.07) is 9.49. The van der Waals surface area contributed by atoms with Crippen LogP contribution in [0, 0.1) is 23.0 Å². The van der Waals surface area contributed by atoms with Crippen molar-refractivity contribution in [1.82, 2.24) is 0 Å². The van der Waals surface area contributed by atoms with Gasteiger partial charge < -0.3 is 0 Å². The average molecular weight is 250 g/mol. The molecule has 2 aromatic rings. The van der Waals surface area contributed by atoms with Gasteiger partial charge in [-0.2, -0.15) is 5.26 Å². The first-order valence-electron chi connectivity index (χ1n) is 4.76. The number of nitrogens with zero attached hydrogens (tertiary/aromatic N) is 1. The molecule has 0 bridgehead atoms. The maximum Gasteiger partial charge on any atom is 0.125 e. The summed E-state index contributed by atoms with van der Waals surface area (Å²) < 4.78 is 26.3. The molecule has 2 rings (SSSR count). The van der Waals surface area contributed by atoms with Crippen LogP contribution in [0.25, 0.3) is 11.1 Å². The molecule has 4 heteroatoms. The van der Waals surface area contributed by atoms with Crippen molar-refractivity contribution >= 4 is 11.6 Å². The minimum Gasteiger partial charge on any atom is -0.207 e. The second kappa shape index (κ2) is 4.52. The summed E-state index contributed by atoms with van der Waals surface area (Å²) in [5.41, 5.74) is 0.980. The van der Waals surface area contributed by atoms with Gasteiger partial charge in [0.2, 0.25) is 0 Å². The molecule has 0 aromatic heterocycles. The first kappa shape index (κ1) is 11.6. The second-order valence-electron chi connectivity index (χ2n) is 3.46. The van der Waals surface area contributed by atoms with Gasteiger partial charge in [0.25, 0.3) is 0 Å². The Labute approximate surface area is 102 Å². The largest absolute Gasteiger partial charge is 0.207 e. The van der Waals surface area contributed by atoms with Crippen molar-refractivity contribution in [3.63, 3.8) is 0 Å². The highest BCUT2D eigenvalue weighted by Gasteiger charge is 2.08. The molecule has 1 nitrogen and oxygen atoms in total. The van der Waals surface area contributed by atoms with Crippen LogP contribution in [0.4, 0.5) is 8.78 Å². The Morgan fingerprint density at radius 1 is 1.00 bits per heavy atom. The fourth-order valence-electron chi connectivity index (χ4n) is 1.56. The van der Waals surface area contributed by atoms with Gasteiger partial charge in [-0.25, -0.2) is 8.78 Å². The quantitative estimate of drug-likeness (QED) is 0.745. The summed E-state index contributed by atoms with van der Waals surface area (Å²) in [5, 5.41) is 9.11. The molecule has 0 saturated carbocycles. The fraction of sp³-hybridized carbons (Fsp3) is 0. The number of halogens is 3. The average Bonchev–Trinajstić information content (AvgIpc) is 2.27. The van der Waals surface area contributed by atoms with E-state index in [1.165, 1.54) is 30.3 Å². The van der Waals surface area contributed by atoms with Crippen LogP contribution in [0.1, 0.15) is 5.56 Å². The predicted molar refractivity (Wildman–Crippen MR) is 61.5 cm³/mol. The molecule has 0 heterocycles. The van der Waals surface area contributed by atoms with Gasteiger partial charge >= 0.3 is 0 Å². The molecule has 17 heavy (non-hydrogen) atoms. The van der Waals surface area contributed by atoms with Crippen molar-refractivity contribution in [3.8, 4) is 17.2 Å². The monoisotopic (exact) mass is 249 g/mol. The molecule has 0 aliphatic carbocycles. The fourth-order valence-corrected chi connectivity index (χ4v) is 1.78. The van der Waals surface area contributed by atoms with Crippen molar-refractivity contribution in [3.05, 3.63) is 58.6 Å². The maximum atomic E-state index is 13.2. The predicted octanol–water partition coefficient (Wildman–Crippen LogP) is 4.16. The lowest BCUT2D eigenvalue weighted by Crippen LogP contribution is -1.88. The Bertz CT molecular complexity index is 597. The molecule has 0 spiro atoms. The Balaban J connectivity index is 2.67. The smallest absolute Gasteiger partial charge is 0.125 e. The van der Waals surface area contributed by atoms with Crippen molar-refractivity contribution in [1.29, 1.82) is 5.26 Å². The van der Waals surface area contributed by atoms with Gasteiger partial charge in [-0.1, -0.05) is 11.6 Å². The lowest BCUT2D eigenvalue weighted by molar-refractivity contribution is 0.626. The van der Waals surface area contributed by atoms with E-state index in [4.69, 9.17) is 16.9 Å². The SMILES string of the molecule is N#Cc1ccc(F)cc1-c1cc(F)cc(Cl)c1. The second-order valence-corrected chi connectivity index (χ2v) is 3.90. The number of hydrogen-bond acceptors (Lipinski definition) is 1. The zero-order valence-corrected chi connectivity index (χ0v) is 9.30. The Hall–Kier alpha value is -1.92. The Kier molecular flexibility index (Phi) is 3.08. The zero-order chi connectivity index (χ0) is 12.4. The van der Waals surface area contributed by atoms with Crippen LogP contribution in [0.3, 0.4) is 0 Å². The number of nitriles is 1. The molecule has 2 aromatic carbocycles. The minimum atomic E-state index is -0.527. The summed E-state index contributed by atoms with van der Waals surface area (Å²) in [6.45, 7) is 0. The van der Waals surface area contributed by atoms with Gasteiger partial charge in [0.15, 0.2) is 0 Å². The van der Waals surface area contributed by atoms with Crippen LogP contribution >= 0.6 is 11.6 Å². The molecule has 0 amide bonds. The van der Waals surface area contributed by atoms with E-state index < -0.39 is 11.6 Å². The minimum absolute atomic E-state index is 0.202. The number of rotatable bonds is 1. The summed E-state index contributed by atoms with van der Waals surface area (Å²) >= 11 is 5.72. The van der Waals surface area contributed by atoms with Crippen molar-refractivity contribution in [2.75, 3.05) is 0 Å². The van der Waals surface area contributed by atoms with E-state index >= 15 is 0 Å². The lowest BCUT2D eigenvalue weighted by Gasteiger charge is -2.05. The summed E-state index contributed by atoms with van der Waals surface area (Å²) in [7, 11) is 0. The first-order chi connectivity index (χ1) is 8.10. The van der Waals surface area contributed by atoms with Crippen LogP contribution in [0.5, 0.6) is 0 Å². The molecule has 0 radical (unpaired) electrons. The molecule has 0 aliphatic rings. The van der Waals surface area contributed by atoms with Gasteiger partial charge in [-0.05, 0) is 42.0 Å². The third kappa shape index (κ3) is 2.43. The molecule has 84 valence electrons. The first-order valence-corrected chi connectivity index (χ1v) is 5.14. The molecule has 0 aliphatic heterocycles. The molecule has 0 N–H and O–H groups in total. The molecule has 0 fully saturated rings. The van der Waals surface area contributed by atoms with Gasteiger partial charge in [0.05, 0.1) is 11.6 Å². The van der Waals surface area contributed by atoms with Crippen LogP contribution in [-0.2, 0) is 0 Å². The number of benzene rings is 2. The molecular formula is C13H6ClF2N. The van der Waals surface area contributed by atoms with E-state index in [1.54, 1.807) is 0 Å². The van der Waals surface area contributed by atoms with Gasteiger partial charge in [-0.3, -0.25) is 0 Å². The highest BCUT2D eigenvalue weighted by Crippen LogP contribution is 2.27. The lowest BCUT2D eigenvalue weighted by atomic mass is 10.0. The summed E-state index contributed by atoms with van der Waals surface area (Å²) in [6.07, 6.45) is 0. The third-order valence-electron chi connectivity index (χ3n) is 2.28. The number of hydrogen-bond donors (Lipinski definition) is 0. The zero-order valence-electron chi connectivity index (χ0n) is 8.55. The van der Waals surface area contributed by atoms with E-state index in [1.807, 2.05) is 6.07 Å². The van der Waals surface area contributed by atoms with Crippen LogP contribution in [0.2, 0.25) is 5.02 Å². The molecule has 0 atom stereocenters. The topological polar surface area (TPSA) is 23.8 Å². The molecular weight excluding hydrogens is 244 g/mol. The standard InChI is InChI=1S/C13H6ClF2N/c14-10-3-9(4-12(16)5-10)13-6-11(15)2-1-8(13)7-17/h1-6H. The van der Waals surface area contributed by atoms with E-state index in [0.29, 0.717) is 11.1 Å². The van der Waals surface area contributed by atoms with Gasteiger partial charge in [-0.15, -0.1) is 0 Å². The van der Waals surface area contributed by atoms with Gasteiger partial charge in [0, 0.05) is 10.6 Å². The van der Waals surface area contributed by atoms with Crippen molar-refractivity contribution in [2.24, 2.45) is 0 Å². The van der Waals surface area contributed by atoms with E-state index in [2.05, 4.69) is 0 Å². The normalized spacial score (nSPS) is 10.0. The summed E-state index contributed by atoms with van der Waals surface area (Å²) in [5.74, 6) is -1.01. The summed E-state index contributed by atoms with van der Waals surface area (Å²) in [4.78, 5) is 0. The van der Waals surface area contributed by atoms with Crippen LogP contribution < -0.4 is 0 Å². The van der Waals surface area contributed by atoms with Crippen LogP contribution in [-0.4, -0.2) is 0 Å². The molecule has 0 saturated heterocycles. The highest BCUT2D eigenvalue weighted by atomic mass is 35.5.